The van der Waals surface area contributed by atoms with Gasteiger partial charge in [0.15, 0.2) is 5.70 Å². The molecule has 0 radical (unpaired) electrons. The van der Waals surface area contributed by atoms with Gasteiger partial charge in [-0.05, 0) is 38.1 Å². The van der Waals surface area contributed by atoms with Crippen molar-refractivity contribution >= 4 is 17.9 Å². The molecule has 0 amide bonds. The van der Waals surface area contributed by atoms with Gasteiger partial charge in [0.25, 0.3) is 0 Å². The Morgan fingerprint density at radius 2 is 1.80 bits per heavy atom. The molecule has 1 aromatic heterocycles. The van der Waals surface area contributed by atoms with E-state index in [1.807, 2.05) is 44.2 Å². The highest BCUT2D eigenvalue weighted by atomic mass is 16.6. The van der Waals surface area contributed by atoms with Crippen LogP contribution in [0.1, 0.15) is 22.6 Å². The molecule has 3 rings (SSSR count). The number of esters is 1. The van der Waals surface area contributed by atoms with E-state index in [2.05, 4.69) is 4.99 Å². The highest BCUT2D eigenvalue weighted by Crippen LogP contribution is 2.20. The molecule has 0 spiro atoms. The van der Waals surface area contributed by atoms with Crippen LogP contribution in [0.25, 0.3) is 6.08 Å². The molecule has 0 N–H and O–H groups in total. The number of cyclic esters (lactones) is 1. The van der Waals surface area contributed by atoms with Crippen LogP contribution >= 0.6 is 0 Å². The van der Waals surface area contributed by atoms with Crippen molar-refractivity contribution in [1.82, 2.24) is 0 Å². The molecule has 2 heterocycles. The summed E-state index contributed by atoms with van der Waals surface area (Å²) in [5, 5.41) is 0. The Hall–Kier alpha value is -2.62. The number of rotatable bonds is 2. The number of ether oxygens (including phenoxy) is 1. The van der Waals surface area contributed by atoms with E-state index in [4.69, 9.17) is 9.15 Å². The summed E-state index contributed by atoms with van der Waals surface area (Å²) in [4.78, 5) is 16.0. The molecule has 0 saturated carbocycles. The third-order valence-electron chi connectivity index (χ3n) is 2.96. The molecule has 20 heavy (non-hydrogen) atoms. The third-order valence-corrected chi connectivity index (χ3v) is 2.96. The number of carbonyl (C=O) groups is 1. The van der Waals surface area contributed by atoms with Crippen LogP contribution in [0.2, 0.25) is 0 Å². The van der Waals surface area contributed by atoms with Gasteiger partial charge < -0.3 is 9.15 Å². The number of carbonyl (C=O) groups excluding carboxylic acids is 1. The van der Waals surface area contributed by atoms with Gasteiger partial charge in [0.05, 0.1) is 0 Å². The van der Waals surface area contributed by atoms with Crippen molar-refractivity contribution in [2.75, 3.05) is 0 Å². The van der Waals surface area contributed by atoms with Gasteiger partial charge >= 0.3 is 5.97 Å². The molecule has 100 valence electrons. The molecule has 0 fully saturated rings. The summed E-state index contributed by atoms with van der Waals surface area (Å²) in [5.41, 5.74) is 2.17. The first kappa shape index (κ1) is 12.4. The number of hydrogen-bond donors (Lipinski definition) is 0. The lowest BCUT2D eigenvalue weighted by Crippen LogP contribution is -2.05. The highest BCUT2D eigenvalue weighted by molar-refractivity contribution is 6.12. The summed E-state index contributed by atoms with van der Waals surface area (Å²) in [6.07, 6.45) is 1.58. The molecule has 2 aromatic rings. The molecule has 1 aliphatic heterocycles. The minimum Gasteiger partial charge on any atom is -0.462 e. The highest BCUT2D eigenvalue weighted by Gasteiger charge is 2.24. The van der Waals surface area contributed by atoms with Gasteiger partial charge in [0.2, 0.25) is 5.90 Å². The Morgan fingerprint density at radius 3 is 2.45 bits per heavy atom. The minimum absolute atomic E-state index is 0.245. The normalized spacial score (nSPS) is 16.4. The van der Waals surface area contributed by atoms with E-state index in [0.29, 0.717) is 11.7 Å². The van der Waals surface area contributed by atoms with Crippen molar-refractivity contribution < 1.29 is 13.9 Å². The zero-order chi connectivity index (χ0) is 14.1. The van der Waals surface area contributed by atoms with Crippen molar-refractivity contribution in [3.05, 3.63) is 64.7 Å². The fraction of sp³-hybridized carbons (Fsp3) is 0.125. The molecule has 1 aliphatic rings. The number of hydrogen-bond acceptors (Lipinski definition) is 4. The monoisotopic (exact) mass is 267 g/mol. The number of benzene rings is 1. The molecule has 1 aromatic carbocycles. The first-order chi connectivity index (χ1) is 9.61. The predicted octanol–water partition coefficient (Wildman–Crippen LogP) is 3.24. The predicted molar refractivity (Wildman–Crippen MR) is 75.2 cm³/mol. The maximum Gasteiger partial charge on any atom is 0.363 e. The zero-order valence-corrected chi connectivity index (χ0v) is 11.2. The van der Waals surface area contributed by atoms with E-state index >= 15 is 0 Å². The Kier molecular flexibility index (Phi) is 2.99. The Bertz CT molecular complexity index is 720. The van der Waals surface area contributed by atoms with Crippen LogP contribution in [-0.2, 0) is 9.53 Å². The Labute approximate surface area is 116 Å². The second-order valence-electron chi connectivity index (χ2n) is 4.65. The standard InChI is InChI=1S/C16H13NO3/c1-10-3-6-12(7-4-10)15-17-14(16(18)20-15)9-13-8-5-11(2)19-13/h3-9H,1-2H3/b14-9+. The van der Waals surface area contributed by atoms with E-state index in [1.165, 1.54) is 0 Å². The Balaban J connectivity index is 1.92. The fourth-order valence-corrected chi connectivity index (χ4v) is 1.89. The summed E-state index contributed by atoms with van der Waals surface area (Å²) in [6, 6.07) is 11.3. The number of aryl methyl sites for hydroxylation is 2. The van der Waals surface area contributed by atoms with Gasteiger partial charge in [0.1, 0.15) is 11.5 Å². The van der Waals surface area contributed by atoms with Gasteiger partial charge in [-0.15, -0.1) is 0 Å². The molecular formula is C16H13NO3. The third kappa shape index (κ3) is 2.40. The van der Waals surface area contributed by atoms with E-state index in [9.17, 15) is 4.79 Å². The first-order valence-corrected chi connectivity index (χ1v) is 6.28. The SMILES string of the molecule is Cc1ccc(C2=N/C(=C/c3ccc(C)o3)C(=O)O2)cc1. The average molecular weight is 267 g/mol. The first-order valence-electron chi connectivity index (χ1n) is 6.28. The van der Waals surface area contributed by atoms with Gasteiger partial charge in [-0.25, -0.2) is 9.79 Å². The van der Waals surface area contributed by atoms with Gasteiger partial charge in [-0.2, -0.15) is 0 Å². The van der Waals surface area contributed by atoms with Gasteiger partial charge in [-0.1, -0.05) is 17.7 Å². The van der Waals surface area contributed by atoms with E-state index in [-0.39, 0.29) is 5.70 Å². The van der Waals surface area contributed by atoms with Crippen molar-refractivity contribution in [3.8, 4) is 0 Å². The van der Waals surface area contributed by atoms with Crippen molar-refractivity contribution in [2.24, 2.45) is 4.99 Å². The second kappa shape index (κ2) is 4.81. The van der Waals surface area contributed by atoms with Crippen LogP contribution in [0.4, 0.5) is 0 Å². The summed E-state index contributed by atoms with van der Waals surface area (Å²) < 4.78 is 10.6. The summed E-state index contributed by atoms with van der Waals surface area (Å²) in [6.45, 7) is 3.84. The molecule has 0 unspecified atom stereocenters. The fourth-order valence-electron chi connectivity index (χ4n) is 1.89. The maximum atomic E-state index is 11.8. The second-order valence-corrected chi connectivity index (χ2v) is 4.65. The molecule has 0 bridgehead atoms. The summed E-state index contributed by atoms with van der Waals surface area (Å²) in [5.74, 6) is 1.23. The average Bonchev–Trinajstić information content (AvgIpc) is 2.98. The van der Waals surface area contributed by atoms with Crippen LogP contribution in [0, 0.1) is 13.8 Å². The molecule has 4 heteroatoms. The molecule has 0 saturated heterocycles. The van der Waals surface area contributed by atoms with Crippen molar-refractivity contribution in [1.29, 1.82) is 0 Å². The van der Waals surface area contributed by atoms with Crippen LogP contribution in [0.5, 0.6) is 0 Å². The topological polar surface area (TPSA) is 51.8 Å². The number of furan rings is 1. The van der Waals surface area contributed by atoms with Crippen molar-refractivity contribution in [3.63, 3.8) is 0 Å². The van der Waals surface area contributed by atoms with Crippen LogP contribution < -0.4 is 0 Å². The van der Waals surface area contributed by atoms with Crippen LogP contribution in [0.15, 0.2) is 51.5 Å². The zero-order valence-electron chi connectivity index (χ0n) is 11.2. The lowest BCUT2D eigenvalue weighted by atomic mass is 10.1. The maximum absolute atomic E-state index is 11.8. The number of nitrogens with zero attached hydrogens (tertiary/aromatic N) is 1. The van der Waals surface area contributed by atoms with Crippen LogP contribution in [-0.4, -0.2) is 11.9 Å². The largest absolute Gasteiger partial charge is 0.462 e. The lowest BCUT2D eigenvalue weighted by Gasteiger charge is -1.99. The molecule has 0 atom stereocenters. The summed E-state index contributed by atoms with van der Waals surface area (Å²) in [7, 11) is 0. The van der Waals surface area contributed by atoms with E-state index < -0.39 is 5.97 Å². The van der Waals surface area contributed by atoms with Crippen LogP contribution in [0.3, 0.4) is 0 Å². The quantitative estimate of drug-likeness (QED) is 0.620. The van der Waals surface area contributed by atoms with E-state index in [1.54, 1.807) is 12.1 Å². The smallest absolute Gasteiger partial charge is 0.363 e. The minimum atomic E-state index is -0.463. The Morgan fingerprint density at radius 1 is 1.05 bits per heavy atom. The van der Waals surface area contributed by atoms with Gasteiger partial charge in [0, 0.05) is 11.6 Å². The molecule has 0 aliphatic carbocycles. The number of aliphatic imine (C=N–C) groups is 1. The molecule has 4 nitrogen and oxygen atoms in total. The van der Waals surface area contributed by atoms with Gasteiger partial charge in [-0.3, -0.25) is 0 Å². The van der Waals surface area contributed by atoms with Crippen molar-refractivity contribution in [2.45, 2.75) is 13.8 Å². The molecular weight excluding hydrogens is 254 g/mol. The van der Waals surface area contributed by atoms with E-state index in [0.717, 1.165) is 16.9 Å². The summed E-state index contributed by atoms with van der Waals surface area (Å²) >= 11 is 0. The lowest BCUT2D eigenvalue weighted by molar-refractivity contribution is -0.129.